The molecule has 0 aromatic heterocycles. The molecule has 0 heterocycles. The summed E-state index contributed by atoms with van der Waals surface area (Å²) in [5.74, 6) is 0.648. The summed E-state index contributed by atoms with van der Waals surface area (Å²) in [4.78, 5) is 13.9. The number of amides is 1. The Balaban J connectivity index is 1.73. The standard InChI is InChI=1S/C15H29N3O/c1-11-4-3-5-13(10-11)18(2)9-8-14(15(16)19)17-12-6-7-12/h11-14,17H,3-10H2,1-2H3,(H2,16,19). The van der Waals surface area contributed by atoms with Crippen molar-refractivity contribution in [1.29, 1.82) is 0 Å². The molecule has 0 saturated heterocycles. The zero-order valence-corrected chi connectivity index (χ0v) is 12.4. The van der Waals surface area contributed by atoms with E-state index in [1.165, 1.54) is 38.5 Å². The number of nitrogens with one attached hydrogen (secondary N) is 1. The fourth-order valence-corrected chi connectivity index (χ4v) is 3.16. The SMILES string of the molecule is CC1CCCC(N(C)CCC(NC2CC2)C(N)=O)C1. The molecule has 2 fully saturated rings. The molecule has 3 unspecified atom stereocenters. The van der Waals surface area contributed by atoms with Crippen LogP contribution in [0.4, 0.5) is 0 Å². The summed E-state index contributed by atoms with van der Waals surface area (Å²) in [7, 11) is 2.19. The zero-order chi connectivity index (χ0) is 13.8. The average Bonchev–Trinajstić information content (AvgIpc) is 3.17. The van der Waals surface area contributed by atoms with Gasteiger partial charge in [0.1, 0.15) is 0 Å². The van der Waals surface area contributed by atoms with Gasteiger partial charge in [-0.3, -0.25) is 4.79 Å². The summed E-state index contributed by atoms with van der Waals surface area (Å²) < 4.78 is 0. The Kier molecular flexibility index (Phi) is 5.22. The van der Waals surface area contributed by atoms with Crippen molar-refractivity contribution >= 4 is 5.91 Å². The van der Waals surface area contributed by atoms with Crippen LogP contribution in [0, 0.1) is 5.92 Å². The van der Waals surface area contributed by atoms with Crippen molar-refractivity contribution in [3.63, 3.8) is 0 Å². The molecule has 2 rings (SSSR count). The minimum absolute atomic E-state index is 0.143. The maximum atomic E-state index is 11.4. The van der Waals surface area contributed by atoms with Crippen LogP contribution >= 0.6 is 0 Å². The highest BCUT2D eigenvalue weighted by atomic mass is 16.1. The van der Waals surface area contributed by atoms with Crippen molar-refractivity contribution in [3.8, 4) is 0 Å². The lowest BCUT2D eigenvalue weighted by Crippen LogP contribution is -2.45. The molecule has 0 bridgehead atoms. The smallest absolute Gasteiger partial charge is 0.234 e. The minimum Gasteiger partial charge on any atom is -0.368 e. The molecule has 2 saturated carbocycles. The highest BCUT2D eigenvalue weighted by Gasteiger charge is 2.28. The maximum absolute atomic E-state index is 11.4. The third-order valence-electron chi connectivity index (χ3n) is 4.66. The van der Waals surface area contributed by atoms with Gasteiger partial charge in [0.25, 0.3) is 0 Å². The Hall–Kier alpha value is -0.610. The molecule has 19 heavy (non-hydrogen) atoms. The van der Waals surface area contributed by atoms with Gasteiger partial charge in [-0.15, -0.1) is 0 Å². The first-order chi connectivity index (χ1) is 9.06. The third-order valence-corrected chi connectivity index (χ3v) is 4.66. The maximum Gasteiger partial charge on any atom is 0.234 e. The summed E-state index contributed by atoms with van der Waals surface area (Å²) in [5, 5.41) is 3.36. The Labute approximate surface area is 117 Å². The van der Waals surface area contributed by atoms with Crippen LogP contribution in [0.2, 0.25) is 0 Å². The molecule has 110 valence electrons. The van der Waals surface area contributed by atoms with Gasteiger partial charge < -0.3 is 16.0 Å². The van der Waals surface area contributed by atoms with Crippen LogP contribution in [0.1, 0.15) is 51.9 Å². The molecule has 0 aromatic carbocycles. The van der Waals surface area contributed by atoms with Gasteiger partial charge in [0, 0.05) is 18.6 Å². The number of carbonyl (C=O) groups excluding carboxylic acids is 1. The van der Waals surface area contributed by atoms with E-state index in [-0.39, 0.29) is 11.9 Å². The zero-order valence-electron chi connectivity index (χ0n) is 12.4. The molecule has 4 nitrogen and oxygen atoms in total. The summed E-state index contributed by atoms with van der Waals surface area (Å²) >= 11 is 0. The van der Waals surface area contributed by atoms with Crippen LogP contribution in [0.5, 0.6) is 0 Å². The normalized spacial score (nSPS) is 29.4. The lowest BCUT2D eigenvalue weighted by atomic mass is 9.86. The topological polar surface area (TPSA) is 58.4 Å². The highest BCUT2D eigenvalue weighted by molar-refractivity contribution is 5.79. The van der Waals surface area contributed by atoms with Gasteiger partial charge in [0.15, 0.2) is 0 Å². The molecule has 3 atom stereocenters. The molecule has 3 N–H and O–H groups in total. The number of primary amides is 1. The van der Waals surface area contributed by atoms with Crippen LogP contribution < -0.4 is 11.1 Å². The van der Waals surface area contributed by atoms with E-state index in [0.29, 0.717) is 12.1 Å². The first-order valence-corrected chi connectivity index (χ1v) is 7.82. The molecular formula is C15H29N3O. The van der Waals surface area contributed by atoms with E-state index in [1.807, 2.05) is 0 Å². The van der Waals surface area contributed by atoms with Crippen LogP contribution in [0.25, 0.3) is 0 Å². The van der Waals surface area contributed by atoms with E-state index < -0.39 is 0 Å². The van der Waals surface area contributed by atoms with Crippen molar-refractivity contribution in [2.45, 2.75) is 70.0 Å². The van der Waals surface area contributed by atoms with E-state index >= 15 is 0 Å². The van der Waals surface area contributed by atoms with Gasteiger partial charge >= 0.3 is 0 Å². The first kappa shape index (κ1) is 14.8. The van der Waals surface area contributed by atoms with Crippen LogP contribution in [-0.2, 0) is 4.79 Å². The second-order valence-electron chi connectivity index (χ2n) is 6.59. The predicted octanol–water partition coefficient (Wildman–Crippen LogP) is 1.49. The summed E-state index contributed by atoms with van der Waals surface area (Å²) in [6.07, 6.45) is 8.55. The second-order valence-corrected chi connectivity index (χ2v) is 6.59. The Morgan fingerprint density at radius 3 is 2.68 bits per heavy atom. The lowest BCUT2D eigenvalue weighted by molar-refractivity contribution is -0.120. The summed E-state index contributed by atoms with van der Waals surface area (Å²) in [6.45, 7) is 3.31. The minimum atomic E-state index is -0.197. The Morgan fingerprint density at radius 1 is 1.37 bits per heavy atom. The summed E-state index contributed by atoms with van der Waals surface area (Å²) in [5.41, 5.74) is 5.48. The lowest BCUT2D eigenvalue weighted by Gasteiger charge is -2.34. The first-order valence-electron chi connectivity index (χ1n) is 7.82. The molecule has 2 aliphatic rings. The number of rotatable bonds is 7. The Morgan fingerprint density at radius 2 is 2.11 bits per heavy atom. The quantitative estimate of drug-likeness (QED) is 0.735. The van der Waals surface area contributed by atoms with Crippen molar-refractivity contribution < 1.29 is 4.79 Å². The molecule has 0 spiro atoms. The second kappa shape index (κ2) is 6.71. The van der Waals surface area contributed by atoms with Crippen molar-refractivity contribution in [2.24, 2.45) is 11.7 Å². The van der Waals surface area contributed by atoms with E-state index in [4.69, 9.17) is 5.73 Å². The van der Waals surface area contributed by atoms with Crippen LogP contribution in [0.15, 0.2) is 0 Å². The molecule has 0 radical (unpaired) electrons. The Bertz CT molecular complexity index is 304. The summed E-state index contributed by atoms with van der Waals surface area (Å²) in [6, 6.07) is 1.09. The monoisotopic (exact) mass is 267 g/mol. The fourth-order valence-electron chi connectivity index (χ4n) is 3.16. The van der Waals surface area contributed by atoms with E-state index in [1.54, 1.807) is 0 Å². The molecule has 4 heteroatoms. The van der Waals surface area contributed by atoms with Gasteiger partial charge in [0.05, 0.1) is 6.04 Å². The number of nitrogens with two attached hydrogens (primary N) is 1. The van der Waals surface area contributed by atoms with Gasteiger partial charge in [-0.2, -0.15) is 0 Å². The van der Waals surface area contributed by atoms with E-state index in [2.05, 4.69) is 24.2 Å². The fraction of sp³-hybridized carbons (Fsp3) is 0.933. The third kappa shape index (κ3) is 4.77. The van der Waals surface area contributed by atoms with Crippen molar-refractivity contribution in [3.05, 3.63) is 0 Å². The highest BCUT2D eigenvalue weighted by Crippen LogP contribution is 2.27. The number of carbonyl (C=O) groups is 1. The molecule has 0 aliphatic heterocycles. The number of hydrogen-bond acceptors (Lipinski definition) is 3. The molecule has 2 aliphatic carbocycles. The van der Waals surface area contributed by atoms with Crippen molar-refractivity contribution in [2.75, 3.05) is 13.6 Å². The van der Waals surface area contributed by atoms with Gasteiger partial charge in [-0.05, 0) is 45.1 Å². The van der Waals surface area contributed by atoms with E-state index in [9.17, 15) is 4.79 Å². The average molecular weight is 267 g/mol. The molecule has 1 amide bonds. The number of hydrogen-bond donors (Lipinski definition) is 2. The van der Waals surface area contributed by atoms with Gasteiger partial charge in [-0.25, -0.2) is 0 Å². The molecule has 0 aromatic rings. The van der Waals surface area contributed by atoms with Gasteiger partial charge in [0.2, 0.25) is 5.91 Å². The van der Waals surface area contributed by atoms with Gasteiger partial charge in [-0.1, -0.05) is 19.8 Å². The largest absolute Gasteiger partial charge is 0.368 e. The predicted molar refractivity (Wildman–Crippen MR) is 77.8 cm³/mol. The van der Waals surface area contributed by atoms with Crippen molar-refractivity contribution in [1.82, 2.24) is 10.2 Å². The van der Waals surface area contributed by atoms with E-state index in [0.717, 1.165) is 18.9 Å². The van der Waals surface area contributed by atoms with Crippen LogP contribution in [0.3, 0.4) is 0 Å². The number of nitrogens with zero attached hydrogens (tertiary/aromatic N) is 1. The molecular weight excluding hydrogens is 238 g/mol. The van der Waals surface area contributed by atoms with Crippen LogP contribution in [-0.4, -0.2) is 42.5 Å².